The number of carboxylic acid groups (broad SMARTS) is 1. The molecule has 17 heavy (non-hydrogen) atoms. The fourth-order valence-corrected chi connectivity index (χ4v) is 2.98. The Morgan fingerprint density at radius 1 is 1.47 bits per heavy atom. The van der Waals surface area contributed by atoms with Gasteiger partial charge in [0.2, 0.25) is 5.91 Å². The molecule has 0 aliphatic carbocycles. The van der Waals surface area contributed by atoms with Gasteiger partial charge < -0.3 is 10.0 Å². The van der Waals surface area contributed by atoms with Crippen molar-refractivity contribution >= 4 is 11.9 Å². The Morgan fingerprint density at radius 3 is 2.82 bits per heavy atom. The van der Waals surface area contributed by atoms with Crippen molar-refractivity contribution in [2.45, 2.75) is 31.3 Å². The highest BCUT2D eigenvalue weighted by molar-refractivity contribution is 5.82. The molecule has 2 aliphatic rings. The molecule has 2 aliphatic heterocycles. The van der Waals surface area contributed by atoms with Gasteiger partial charge in [-0.2, -0.15) is 0 Å². The van der Waals surface area contributed by atoms with Crippen LogP contribution in [0.2, 0.25) is 0 Å². The van der Waals surface area contributed by atoms with Gasteiger partial charge in [-0.1, -0.05) is 5.92 Å². The summed E-state index contributed by atoms with van der Waals surface area (Å²) < 4.78 is 0. The Kier molecular flexibility index (Phi) is 3.34. The highest BCUT2D eigenvalue weighted by Gasteiger charge is 2.50. The summed E-state index contributed by atoms with van der Waals surface area (Å²) in [5.74, 6) is 1.20. The van der Waals surface area contributed by atoms with Gasteiger partial charge in [0, 0.05) is 12.1 Å². The van der Waals surface area contributed by atoms with Crippen molar-refractivity contribution in [3.05, 3.63) is 0 Å². The van der Waals surface area contributed by atoms with Crippen LogP contribution in [0.4, 0.5) is 0 Å². The molecule has 5 heteroatoms. The standard InChI is InChI=1S/C12H16N2O3/c1-2-5-13-7-11(15)14-8-3-4-10(14)9(6-8)12(16)17/h1,8-10,13H,3-7H2,(H,16,17). The minimum atomic E-state index is -0.786. The van der Waals surface area contributed by atoms with Crippen LogP contribution in [0.3, 0.4) is 0 Å². The Morgan fingerprint density at radius 2 is 2.24 bits per heavy atom. The van der Waals surface area contributed by atoms with Crippen LogP contribution < -0.4 is 5.32 Å². The Labute approximate surface area is 100 Å². The first-order chi connectivity index (χ1) is 8.15. The van der Waals surface area contributed by atoms with Crippen LogP contribution >= 0.6 is 0 Å². The van der Waals surface area contributed by atoms with E-state index in [2.05, 4.69) is 11.2 Å². The monoisotopic (exact) mass is 236 g/mol. The van der Waals surface area contributed by atoms with Gasteiger partial charge in [-0.25, -0.2) is 0 Å². The summed E-state index contributed by atoms with van der Waals surface area (Å²) in [5.41, 5.74) is 0. The molecule has 92 valence electrons. The quantitative estimate of drug-likeness (QED) is 0.518. The highest BCUT2D eigenvalue weighted by atomic mass is 16.4. The predicted molar refractivity (Wildman–Crippen MR) is 61.1 cm³/mol. The zero-order chi connectivity index (χ0) is 12.4. The Bertz CT molecular complexity index is 374. The van der Waals surface area contributed by atoms with Crippen molar-refractivity contribution in [1.82, 2.24) is 10.2 Å². The van der Waals surface area contributed by atoms with Crippen molar-refractivity contribution < 1.29 is 14.7 Å². The lowest BCUT2D eigenvalue weighted by Crippen LogP contribution is -2.42. The Balaban J connectivity index is 1.96. The average molecular weight is 236 g/mol. The smallest absolute Gasteiger partial charge is 0.308 e. The molecule has 5 nitrogen and oxygen atoms in total. The normalized spacial score (nSPS) is 30.3. The van der Waals surface area contributed by atoms with Gasteiger partial charge in [0.1, 0.15) is 0 Å². The van der Waals surface area contributed by atoms with Crippen molar-refractivity contribution in [3.63, 3.8) is 0 Å². The Hall–Kier alpha value is -1.54. The first-order valence-electron chi connectivity index (χ1n) is 5.83. The van der Waals surface area contributed by atoms with Crippen LogP contribution in [-0.4, -0.2) is 47.1 Å². The van der Waals surface area contributed by atoms with E-state index >= 15 is 0 Å². The van der Waals surface area contributed by atoms with Gasteiger partial charge in [-0.05, 0) is 19.3 Å². The van der Waals surface area contributed by atoms with E-state index in [4.69, 9.17) is 11.5 Å². The number of nitrogens with one attached hydrogen (secondary N) is 1. The molecule has 3 atom stereocenters. The molecule has 0 spiro atoms. The SMILES string of the molecule is C#CCNCC(=O)N1C2CCC1C(C(=O)O)C2. The van der Waals surface area contributed by atoms with Crippen LogP contribution in [0.15, 0.2) is 0 Å². The molecule has 0 radical (unpaired) electrons. The van der Waals surface area contributed by atoms with Crippen molar-refractivity contribution in [3.8, 4) is 12.3 Å². The van der Waals surface area contributed by atoms with E-state index in [1.165, 1.54) is 0 Å². The molecule has 3 unspecified atom stereocenters. The number of aliphatic carboxylic acids is 1. The number of carbonyl (C=O) groups is 2. The van der Waals surface area contributed by atoms with E-state index in [0.717, 1.165) is 12.8 Å². The molecule has 2 saturated heterocycles. The number of hydrogen-bond donors (Lipinski definition) is 2. The van der Waals surface area contributed by atoms with Crippen molar-refractivity contribution in [2.75, 3.05) is 13.1 Å². The zero-order valence-electron chi connectivity index (χ0n) is 9.56. The van der Waals surface area contributed by atoms with E-state index in [1.54, 1.807) is 4.90 Å². The number of nitrogens with zero attached hydrogens (tertiary/aromatic N) is 1. The number of fused-ring (bicyclic) bond motifs is 2. The molecule has 2 N–H and O–H groups in total. The first kappa shape index (κ1) is 11.9. The summed E-state index contributed by atoms with van der Waals surface area (Å²) in [5, 5.41) is 11.9. The maximum absolute atomic E-state index is 12.0. The van der Waals surface area contributed by atoms with Gasteiger partial charge in [0.25, 0.3) is 0 Å². The van der Waals surface area contributed by atoms with E-state index in [-0.39, 0.29) is 30.5 Å². The first-order valence-corrected chi connectivity index (χ1v) is 5.83. The minimum Gasteiger partial charge on any atom is -0.481 e. The number of rotatable bonds is 4. The van der Waals surface area contributed by atoms with Gasteiger partial charge in [-0.3, -0.25) is 14.9 Å². The van der Waals surface area contributed by atoms with Crippen LogP contribution in [0, 0.1) is 18.3 Å². The fraction of sp³-hybridized carbons (Fsp3) is 0.667. The van der Waals surface area contributed by atoms with Crippen LogP contribution in [0.5, 0.6) is 0 Å². The summed E-state index contributed by atoms with van der Waals surface area (Å²) in [7, 11) is 0. The third kappa shape index (κ3) is 2.13. The maximum atomic E-state index is 12.0. The summed E-state index contributed by atoms with van der Waals surface area (Å²) in [6.07, 6.45) is 7.41. The number of hydrogen-bond acceptors (Lipinski definition) is 3. The molecule has 2 rings (SSSR count). The number of carboxylic acids is 1. The van der Waals surface area contributed by atoms with E-state index in [1.807, 2.05) is 0 Å². The number of amides is 1. The lowest BCUT2D eigenvalue weighted by molar-refractivity contribution is -0.143. The predicted octanol–water partition coefficient (Wildman–Crippen LogP) is -0.327. The van der Waals surface area contributed by atoms with Gasteiger partial charge in [0.15, 0.2) is 0 Å². The second-order valence-electron chi connectivity index (χ2n) is 4.59. The largest absolute Gasteiger partial charge is 0.481 e. The second kappa shape index (κ2) is 4.76. The summed E-state index contributed by atoms with van der Waals surface area (Å²) in [6.45, 7) is 0.556. The average Bonchev–Trinajstić information content (AvgIpc) is 2.86. The summed E-state index contributed by atoms with van der Waals surface area (Å²) in [4.78, 5) is 24.7. The molecule has 2 bridgehead atoms. The van der Waals surface area contributed by atoms with Crippen LogP contribution in [-0.2, 0) is 9.59 Å². The molecular formula is C12H16N2O3. The van der Waals surface area contributed by atoms with Gasteiger partial charge >= 0.3 is 5.97 Å². The minimum absolute atomic E-state index is 0.0310. The van der Waals surface area contributed by atoms with Gasteiger partial charge in [-0.15, -0.1) is 6.42 Å². The third-order valence-electron chi connectivity index (χ3n) is 3.65. The fourth-order valence-electron chi connectivity index (χ4n) is 2.98. The molecule has 0 aromatic carbocycles. The van der Waals surface area contributed by atoms with Crippen molar-refractivity contribution in [2.24, 2.45) is 5.92 Å². The molecule has 1 amide bonds. The molecule has 2 fully saturated rings. The van der Waals surface area contributed by atoms with E-state index in [0.29, 0.717) is 13.0 Å². The van der Waals surface area contributed by atoms with Crippen molar-refractivity contribution in [1.29, 1.82) is 0 Å². The lowest BCUT2D eigenvalue weighted by Gasteiger charge is -2.23. The van der Waals surface area contributed by atoms with Gasteiger partial charge in [0.05, 0.1) is 19.0 Å². The van der Waals surface area contributed by atoms with Crippen LogP contribution in [0.25, 0.3) is 0 Å². The second-order valence-corrected chi connectivity index (χ2v) is 4.59. The van der Waals surface area contributed by atoms with Crippen LogP contribution in [0.1, 0.15) is 19.3 Å². The number of carbonyl (C=O) groups excluding carboxylic acids is 1. The van der Waals surface area contributed by atoms with E-state index < -0.39 is 5.97 Å². The molecule has 0 aromatic rings. The topological polar surface area (TPSA) is 69.6 Å². The summed E-state index contributed by atoms with van der Waals surface area (Å²) in [6, 6.07) is -0.00104. The molecule has 0 saturated carbocycles. The number of terminal acetylenes is 1. The summed E-state index contributed by atoms with van der Waals surface area (Å²) >= 11 is 0. The zero-order valence-corrected chi connectivity index (χ0v) is 9.56. The highest BCUT2D eigenvalue weighted by Crippen LogP contribution is 2.41. The molecule has 0 aromatic heterocycles. The third-order valence-corrected chi connectivity index (χ3v) is 3.65. The molecular weight excluding hydrogens is 220 g/mol. The van der Waals surface area contributed by atoms with E-state index in [9.17, 15) is 9.59 Å². The maximum Gasteiger partial charge on any atom is 0.308 e. The molecule has 2 heterocycles. The lowest BCUT2D eigenvalue weighted by atomic mass is 9.89.